The van der Waals surface area contributed by atoms with Crippen molar-refractivity contribution < 1.29 is 0 Å². The van der Waals surface area contributed by atoms with Crippen LogP contribution in [-0.2, 0) is 13.0 Å². The van der Waals surface area contributed by atoms with Crippen molar-refractivity contribution in [3.05, 3.63) is 77.2 Å². The van der Waals surface area contributed by atoms with Gasteiger partial charge in [-0.05, 0) is 62.9 Å². The SMILES string of the molecule is C=C(C)n1c(=O)n(CCN2CCC(Cc3ccccc3)CC2)c2ccccc21. The smallest absolute Gasteiger partial charge is 0.302 e. The summed E-state index contributed by atoms with van der Waals surface area (Å²) in [5.41, 5.74) is 4.17. The van der Waals surface area contributed by atoms with Crippen molar-refractivity contribution in [3.63, 3.8) is 0 Å². The molecule has 0 radical (unpaired) electrons. The zero-order valence-corrected chi connectivity index (χ0v) is 16.7. The summed E-state index contributed by atoms with van der Waals surface area (Å²) >= 11 is 0. The van der Waals surface area contributed by atoms with Gasteiger partial charge in [-0.15, -0.1) is 0 Å². The van der Waals surface area contributed by atoms with E-state index in [1.54, 1.807) is 4.57 Å². The predicted octanol–water partition coefficient (Wildman–Crippen LogP) is 4.25. The molecule has 4 heteroatoms. The average Bonchev–Trinajstić information content (AvgIpc) is 3.00. The van der Waals surface area contributed by atoms with Crippen LogP contribution in [0.15, 0.2) is 66.0 Å². The Hall–Kier alpha value is -2.59. The number of rotatable bonds is 6. The molecule has 0 unspecified atom stereocenters. The van der Waals surface area contributed by atoms with Gasteiger partial charge in [0.05, 0.1) is 11.0 Å². The molecule has 1 aliphatic rings. The van der Waals surface area contributed by atoms with Gasteiger partial charge in [0.15, 0.2) is 0 Å². The van der Waals surface area contributed by atoms with Crippen molar-refractivity contribution in [3.8, 4) is 0 Å². The number of benzene rings is 2. The molecule has 1 fully saturated rings. The van der Waals surface area contributed by atoms with E-state index in [0.29, 0.717) is 0 Å². The third-order valence-electron chi connectivity index (χ3n) is 5.93. The summed E-state index contributed by atoms with van der Waals surface area (Å²) in [7, 11) is 0. The first kappa shape index (κ1) is 18.8. The molecule has 2 aromatic carbocycles. The minimum Gasteiger partial charge on any atom is -0.302 e. The summed E-state index contributed by atoms with van der Waals surface area (Å²) in [6.45, 7) is 9.74. The second kappa shape index (κ2) is 8.19. The van der Waals surface area contributed by atoms with Gasteiger partial charge >= 0.3 is 5.69 Å². The van der Waals surface area contributed by atoms with Crippen LogP contribution in [0.5, 0.6) is 0 Å². The molecule has 0 spiro atoms. The summed E-state index contributed by atoms with van der Waals surface area (Å²) in [6, 6.07) is 18.8. The van der Waals surface area contributed by atoms with Crippen molar-refractivity contribution >= 4 is 16.7 Å². The molecule has 0 atom stereocenters. The van der Waals surface area contributed by atoms with Gasteiger partial charge in [0.25, 0.3) is 0 Å². The lowest BCUT2D eigenvalue weighted by molar-refractivity contribution is 0.178. The maximum atomic E-state index is 12.9. The number of aromatic nitrogens is 2. The van der Waals surface area contributed by atoms with Gasteiger partial charge in [-0.25, -0.2) is 4.79 Å². The van der Waals surface area contributed by atoms with Crippen LogP contribution < -0.4 is 5.69 Å². The van der Waals surface area contributed by atoms with E-state index in [4.69, 9.17) is 0 Å². The van der Waals surface area contributed by atoms with E-state index in [1.807, 2.05) is 35.8 Å². The number of likely N-dealkylation sites (tertiary alicyclic amines) is 1. The molecule has 2 heterocycles. The number of nitrogens with zero attached hydrogens (tertiary/aromatic N) is 3. The van der Waals surface area contributed by atoms with Crippen molar-refractivity contribution in [1.29, 1.82) is 0 Å². The largest absolute Gasteiger partial charge is 0.333 e. The van der Waals surface area contributed by atoms with Gasteiger partial charge in [0.1, 0.15) is 0 Å². The van der Waals surface area contributed by atoms with Crippen molar-refractivity contribution in [2.75, 3.05) is 19.6 Å². The van der Waals surface area contributed by atoms with Gasteiger partial charge < -0.3 is 4.90 Å². The molecule has 28 heavy (non-hydrogen) atoms. The number of fused-ring (bicyclic) bond motifs is 1. The molecule has 1 saturated heterocycles. The molecular formula is C24H29N3O. The van der Waals surface area contributed by atoms with Crippen LogP contribution in [0.3, 0.4) is 0 Å². The molecule has 1 aromatic heterocycles. The zero-order chi connectivity index (χ0) is 19.5. The van der Waals surface area contributed by atoms with Gasteiger partial charge in [-0.1, -0.05) is 49.0 Å². The Morgan fingerprint density at radius 2 is 1.61 bits per heavy atom. The van der Waals surface area contributed by atoms with Gasteiger partial charge in [-0.2, -0.15) is 0 Å². The van der Waals surface area contributed by atoms with Gasteiger partial charge in [0, 0.05) is 18.8 Å². The maximum absolute atomic E-state index is 12.9. The number of imidazole rings is 1. The Balaban J connectivity index is 1.39. The molecule has 3 aromatic rings. The van der Waals surface area contributed by atoms with Crippen molar-refractivity contribution in [2.45, 2.75) is 32.7 Å². The monoisotopic (exact) mass is 375 g/mol. The fraction of sp³-hybridized carbons (Fsp3) is 0.375. The van der Waals surface area contributed by atoms with E-state index in [1.165, 1.54) is 24.8 Å². The van der Waals surface area contributed by atoms with Gasteiger partial charge in [0.2, 0.25) is 0 Å². The minimum atomic E-state index is 0.0210. The molecule has 0 N–H and O–H groups in total. The second-order valence-electron chi connectivity index (χ2n) is 7.97. The molecule has 4 rings (SSSR count). The van der Waals surface area contributed by atoms with Crippen molar-refractivity contribution in [2.24, 2.45) is 5.92 Å². The summed E-state index contributed by atoms with van der Waals surface area (Å²) in [4.78, 5) is 15.4. The number of allylic oxidation sites excluding steroid dienone is 1. The molecule has 146 valence electrons. The number of hydrogen-bond donors (Lipinski definition) is 0. The van der Waals surface area contributed by atoms with E-state index < -0.39 is 0 Å². The highest BCUT2D eigenvalue weighted by Gasteiger charge is 2.20. The lowest BCUT2D eigenvalue weighted by Crippen LogP contribution is -2.37. The number of piperidine rings is 1. The van der Waals surface area contributed by atoms with E-state index in [-0.39, 0.29) is 5.69 Å². The minimum absolute atomic E-state index is 0.0210. The first-order valence-corrected chi connectivity index (χ1v) is 10.3. The number of hydrogen-bond acceptors (Lipinski definition) is 2. The van der Waals surface area contributed by atoms with Crippen LogP contribution in [0.25, 0.3) is 16.7 Å². The Morgan fingerprint density at radius 1 is 0.964 bits per heavy atom. The normalized spacial score (nSPS) is 15.9. The molecular weight excluding hydrogens is 346 g/mol. The first-order chi connectivity index (χ1) is 13.6. The summed E-state index contributed by atoms with van der Waals surface area (Å²) in [5, 5.41) is 0. The Labute approximate surface area is 166 Å². The third kappa shape index (κ3) is 3.83. The van der Waals surface area contributed by atoms with E-state index in [2.05, 4.69) is 41.8 Å². The van der Waals surface area contributed by atoms with E-state index in [9.17, 15) is 4.79 Å². The van der Waals surface area contributed by atoms with E-state index in [0.717, 1.165) is 48.8 Å². The first-order valence-electron chi connectivity index (χ1n) is 10.3. The summed E-state index contributed by atoms with van der Waals surface area (Å²) in [6.07, 6.45) is 3.65. The van der Waals surface area contributed by atoms with Crippen LogP contribution in [0.1, 0.15) is 25.3 Å². The molecule has 0 saturated carbocycles. The van der Waals surface area contributed by atoms with E-state index >= 15 is 0 Å². The Kier molecular flexibility index (Phi) is 5.49. The summed E-state index contributed by atoms with van der Waals surface area (Å²) in [5.74, 6) is 0.770. The molecule has 1 aliphatic heterocycles. The highest BCUT2D eigenvalue weighted by atomic mass is 16.1. The molecule has 0 bridgehead atoms. The third-order valence-corrected chi connectivity index (χ3v) is 5.93. The lowest BCUT2D eigenvalue weighted by atomic mass is 9.90. The second-order valence-corrected chi connectivity index (χ2v) is 7.97. The molecule has 4 nitrogen and oxygen atoms in total. The Morgan fingerprint density at radius 3 is 2.29 bits per heavy atom. The average molecular weight is 376 g/mol. The van der Waals surface area contributed by atoms with Crippen LogP contribution >= 0.6 is 0 Å². The Bertz CT molecular complexity index is 1010. The van der Waals surface area contributed by atoms with Crippen LogP contribution in [0.2, 0.25) is 0 Å². The summed E-state index contributed by atoms with van der Waals surface area (Å²) < 4.78 is 3.63. The molecule has 0 amide bonds. The highest BCUT2D eigenvalue weighted by molar-refractivity contribution is 5.79. The predicted molar refractivity (Wildman–Crippen MR) is 117 cm³/mol. The topological polar surface area (TPSA) is 30.2 Å². The maximum Gasteiger partial charge on any atom is 0.333 e. The van der Waals surface area contributed by atoms with Crippen molar-refractivity contribution in [1.82, 2.24) is 14.0 Å². The van der Waals surface area contributed by atoms with Crippen LogP contribution in [0.4, 0.5) is 0 Å². The lowest BCUT2D eigenvalue weighted by Gasteiger charge is -2.32. The zero-order valence-electron chi connectivity index (χ0n) is 16.7. The van der Waals surface area contributed by atoms with Crippen LogP contribution in [-0.4, -0.2) is 33.7 Å². The fourth-order valence-corrected chi connectivity index (χ4v) is 4.40. The quantitative estimate of drug-likeness (QED) is 0.645. The standard InChI is InChI=1S/C24H29N3O/c1-19(2)27-23-11-7-6-10-22(23)26(24(27)28)17-16-25-14-12-21(13-15-25)18-20-8-4-3-5-9-20/h3-11,21H,1,12-18H2,2H3. The fourth-order valence-electron chi connectivity index (χ4n) is 4.40. The number of para-hydroxylation sites is 2. The highest BCUT2D eigenvalue weighted by Crippen LogP contribution is 2.22. The van der Waals surface area contributed by atoms with Gasteiger partial charge in [-0.3, -0.25) is 9.13 Å². The molecule has 0 aliphatic carbocycles. The van der Waals surface area contributed by atoms with Crippen LogP contribution in [0, 0.1) is 5.92 Å².